The number of aryl methyl sites for hydroxylation is 1. The first kappa shape index (κ1) is 27.5. The Hall–Kier alpha value is -3.64. The molecular weight excluding hydrogens is 585 g/mol. The number of alkyl halides is 3. The van der Waals surface area contributed by atoms with Crippen LogP contribution in [0.3, 0.4) is 0 Å². The van der Waals surface area contributed by atoms with Gasteiger partial charge in [0.1, 0.15) is 23.6 Å². The smallest absolute Gasteiger partial charge is 0.366 e. The van der Waals surface area contributed by atoms with Gasteiger partial charge in [0.05, 0.1) is 17.4 Å². The molecule has 4 aromatic heterocycles. The third-order valence-electron chi connectivity index (χ3n) is 7.21. The van der Waals surface area contributed by atoms with Crippen molar-refractivity contribution < 1.29 is 26.4 Å². The van der Waals surface area contributed by atoms with Gasteiger partial charge in [-0.15, -0.1) is 10.2 Å². The number of nitrogens with one attached hydrogen (secondary N) is 1. The van der Waals surface area contributed by atoms with Gasteiger partial charge in [0.2, 0.25) is 20.9 Å². The summed E-state index contributed by atoms with van der Waals surface area (Å²) in [4.78, 5) is 24.8. The summed E-state index contributed by atoms with van der Waals surface area (Å²) in [6.07, 6.45) is 0.923. The van der Waals surface area contributed by atoms with E-state index in [1.807, 2.05) is 11.8 Å². The third-order valence-corrected chi connectivity index (χ3v) is 9.78. The molecule has 41 heavy (non-hydrogen) atoms. The van der Waals surface area contributed by atoms with Crippen molar-refractivity contribution in [3.8, 4) is 10.8 Å². The molecule has 1 amide bonds. The maximum Gasteiger partial charge on any atom is 0.445 e. The Bertz CT molecular complexity index is 1730. The second kappa shape index (κ2) is 9.73. The van der Waals surface area contributed by atoms with Gasteiger partial charge in [0.25, 0.3) is 0 Å². The number of fused-ring (bicyclic) bond motifs is 1. The predicted octanol–water partition coefficient (Wildman–Crippen LogP) is 1.95. The van der Waals surface area contributed by atoms with Gasteiger partial charge in [0, 0.05) is 37.9 Å². The largest absolute Gasteiger partial charge is 0.445 e. The minimum atomic E-state index is -4.67. The highest BCUT2D eigenvalue weighted by atomic mass is 32.2. The SMILES string of the molecule is Cc1ncnn1CC(=O)N1CCN(c2cc(S(=O)(=O)NC3(C)CC3)cn3c(-c4nnc(C(F)(F)F)s4)ncc23)CC1. The molecule has 0 spiro atoms. The number of imidazole rings is 1. The van der Waals surface area contributed by atoms with E-state index >= 15 is 0 Å². The highest BCUT2D eigenvalue weighted by molar-refractivity contribution is 7.89. The standard InChI is InChI=1S/C23H25F3N10O3S2/c1-14-28-13-29-36(14)12-18(37)34-7-5-33(6-8-34)16-9-15(41(38,39)32-22(2)3-4-22)11-35-17(16)10-27-19(35)20-30-31-21(40-20)23(24,25)26/h9-11,13,32H,3-8,12H2,1-2H3. The second-order valence-corrected chi connectivity index (χ2v) is 13.0. The summed E-state index contributed by atoms with van der Waals surface area (Å²) in [7, 11) is -3.98. The van der Waals surface area contributed by atoms with Gasteiger partial charge in [-0.3, -0.25) is 9.20 Å². The lowest BCUT2D eigenvalue weighted by Gasteiger charge is -2.36. The fraction of sp³-hybridized carbons (Fsp3) is 0.478. The molecule has 5 heterocycles. The zero-order valence-electron chi connectivity index (χ0n) is 22.0. The van der Waals surface area contributed by atoms with Gasteiger partial charge < -0.3 is 9.80 Å². The van der Waals surface area contributed by atoms with Crippen LogP contribution in [0.4, 0.5) is 18.9 Å². The van der Waals surface area contributed by atoms with Crippen molar-refractivity contribution in [2.24, 2.45) is 0 Å². The van der Waals surface area contributed by atoms with E-state index in [9.17, 15) is 26.4 Å². The first-order valence-corrected chi connectivity index (χ1v) is 15.0. The van der Waals surface area contributed by atoms with Crippen molar-refractivity contribution in [2.45, 2.75) is 49.8 Å². The van der Waals surface area contributed by atoms with Crippen LogP contribution in [-0.2, 0) is 27.5 Å². The first-order chi connectivity index (χ1) is 19.3. The Balaban J connectivity index is 1.33. The minimum Gasteiger partial charge on any atom is -0.366 e. The quantitative estimate of drug-likeness (QED) is 0.332. The summed E-state index contributed by atoms with van der Waals surface area (Å²) < 4.78 is 72.1. The molecule has 218 valence electrons. The number of halogens is 3. The summed E-state index contributed by atoms with van der Waals surface area (Å²) in [6, 6.07) is 1.53. The van der Waals surface area contributed by atoms with Gasteiger partial charge in [-0.05, 0) is 32.8 Å². The number of nitrogens with zero attached hydrogens (tertiary/aromatic N) is 9. The lowest BCUT2D eigenvalue weighted by Crippen LogP contribution is -2.49. The Labute approximate surface area is 236 Å². The lowest BCUT2D eigenvalue weighted by atomic mass is 10.2. The zero-order chi connectivity index (χ0) is 29.2. The van der Waals surface area contributed by atoms with E-state index in [4.69, 9.17) is 0 Å². The van der Waals surface area contributed by atoms with Crippen LogP contribution in [0.5, 0.6) is 0 Å². The molecule has 1 saturated heterocycles. The number of pyridine rings is 1. The molecule has 2 fully saturated rings. The molecule has 4 aromatic rings. The summed E-state index contributed by atoms with van der Waals surface area (Å²) in [5, 5.41) is 9.76. The average Bonchev–Trinajstić information content (AvgIpc) is 3.32. The van der Waals surface area contributed by atoms with Crippen molar-refractivity contribution >= 4 is 38.5 Å². The minimum absolute atomic E-state index is 0.0425. The summed E-state index contributed by atoms with van der Waals surface area (Å²) in [6.45, 7) is 5.16. The number of anilines is 1. The molecule has 2 aliphatic rings. The molecule has 6 rings (SSSR count). The van der Waals surface area contributed by atoms with E-state index in [0.717, 1.165) is 0 Å². The van der Waals surface area contributed by atoms with Crippen molar-refractivity contribution in [1.82, 2.24) is 44.0 Å². The first-order valence-electron chi connectivity index (χ1n) is 12.7. The molecule has 1 aliphatic heterocycles. The molecule has 0 unspecified atom stereocenters. The van der Waals surface area contributed by atoms with Crippen LogP contribution >= 0.6 is 11.3 Å². The van der Waals surface area contributed by atoms with Crippen molar-refractivity contribution in [3.63, 3.8) is 0 Å². The molecule has 1 aliphatic carbocycles. The monoisotopic (exact) mass is 610 g/mol. The normalized spacial score (nSPS) is 17.4. The molecular formula is C23H25F3N10O3S2. The second-order valence-electron chi connectivity index (χ2n) is 10.3. The van der Waals surface area contributed by atoms with E-state index in [1.165, 1.54) is 33.9 Å². The fourth-order valence-corrected chi connectivity index (χ4v) is 6.80. The average molecular weight is 611 g/mol. The number of carbonyl (C=O) groups is 1. The van der Waals surface area contributed by atoms with Crippen LogP contribution in [0.25, 0.3) is 16.3 Å². The van der Waals surface area contributed by atoms with E-state index in [1.54, 1.807) is 11.8 Å². The number of amides is 1. The van der Waals surface area contributed by atoms with E-state index < -0.39 is 26.7 Å². The molecule has 0 radical (unpaired) electrons. The predicted molar refractivity (Wildman–Crippen MR) is 141 cm³/mol. The number of sulfonamides is 1. The van der Waals surface area contributed by atoms with Gasteiger partial charge in [-0.25, -0.2) is 27.8 Å². The Morgan fingerprint density at radius 3 is 2.49 bits per heavy atom. The third kappa shape index (κ3) is 5.38. The number of carbonyl (C=O) groups excluding carboxylic acids is 1. The van der Waals surface area contributed by atoms with E-state index in [-0.39, 0.29) is 28.2 Å². The van der Waals surface area contributed by atoms with Crippen molar-refractivity contribution in [2.75, 3.05) is 31.1 Å². The topological polar surface area (TPSA) is 144 Å². The van der Waals surface area contributed by atoms with Crippen molar-refractivity contribution in [1.29, 1.82) is 0 Å². The van der Waals surface area contributed by atoms with Gasteiger partial charge in [-0.1, -0.05) is 11.3 Å². The molecule has 0 atom stereocenters. The van der Waals surface area contributed by atoms with E-state index in [0.29, 0.717) is 67.4 Å². The van der Waals surface area contributed by atoms with Crippen LogP contribution in [0, 0.1) is 6.92 Å². The maximum atomic E-state index is 13.4. The van der Waals surface area contributed by atoms with Crippen LogP contribution in [-0.4, -0.2) is 85.3 Å². The highest BCUT2D eigenvalue weighted by Gasteiger charge is 2.42. The van der Waals surface area contributed by atoms with Gasteiger partial charge in [-0.2, -0.15) is 18.3 Å². The maximum absolute atomic E-state index is 13.4. The highest BCUT2D eigenvalue weighted by Crippen LogP contribution is 2.38. The van der Waals surface area contributed by atoms with Gasteiger partial charge in [0.15, 0.2) is 10.8 Å². The zero-order valence-corrected chi connectivity index (χ0v) is 23.6. The summed E-state index contributed by atoms with van der Waals surface area (Å²) >= 11 is 0.328. The Morgan fingerprint density at radius 2 is 1.88 bits per heavy atom. The van der Waals surface area contributed by atoms with Gasteiger partial charge >= 0.3 is 6.18 Å². The number of hydrogen-bond acceptors (Lipinski definition) is 10. The molecule has 1 saturated carbocycles. The molecule has 0 aromatic carbocycles. The van der Waals surface area contributed by atoms with Crippen molar-refractivity contribution in [3.05, 3.63) is 35.6 Å². The fourth-order valence-electron chi connectivity index (χ4n) is 4.62. The molecule has 18 heteroatoms. The van der Waals surface area contributed by atoms with E-state index in [2.05, 4.69) is 30.0 Å². The number of hydrogen-bond donors (Lipinski definition) is 1. The molecule has 1 N–H and O–H groups in total. The molecule has 0 bridgehead atoms. The van der Waals surface area contributed by atoms with Crippen LogP contribution in [0.2, 0.25) is 0 Å². The van der Waals surface area contributed by atoms with Crippen LogP contribution < -0.4 is 9.62 Å². The number of rotatable bonds is 7. The Kier molecular flexibility index (Phi) is 6.53. The summed E-state index contributed by atoms with van der Waals surface area (Å²) in [5.74, 6) is 0.548. The number of piperazine rings is 1. The number of aromatic nitrogens is 7. The lowest BCUT2D eigenvalue weighted by molar-refractivity contribution is -0.138. The van der Waals surface area contributed by atoms with Crippen LogP contribution in [0.1, 0.15) is 30.6 Å². The summed E-state index contributed by atoms with van der Waals surface area (Å²) in [5.41, 5.74) is 0.465. The Morgan fingerprint density at radius 1 is 1.15 bits per heavy atom. The van der Waals surface area contributed by atoms with Crippen LogP contribution in [0.15, 0.2) is 29.7 Å². The molecule has 13 nitrogen and oxygen atoms in total.